The van der Waals surface area contributed by atoms with E-state index in [1.807, 2.05) is 13.0 Å². The molecule has 16 heteroatoms. The summed E-state index contributed by atoms with van der Waals surface area (Å²) in [6.07, 6.45) is 4.90. The summed E-state index contributed by atoms with van der Waals surface area (Å²) in [5.41, 5.74) is 0.460. The zero-order valence-corrected chi connectivity index (χ0v) is 31.8. The summed E-state index contributed by atoms with van der Waals surface area (Å²) in [6.45, 7) is 8.38. The molecule has 0 aliphatic carbocycles. The first-order chi connectivity index (χ1) is 26.4. The summed E-state index contributed by atoms with van der Waals surface area (Å²) < 4.78 is 69.2. The van der Waals surface area contributed by atoms with E-state index in [9.17, 15) is 31.5 Å². The van der Waals surface area contributed by atoms with Gasteiger partial charge in [0.05, 0.1) is 17.3 Å². The first-order valence-corrected chi connectivity index (χ1v) is 20.0. The molecular formula is C39H49F5N8O2S. The van der Waals surface area contributed by atoms with Crippen LogP contribution in [-0.4, -0.2) is 72.5 Å². The Balaban J connectivity index is 0.000000187. The van der Waals surface area contributed by atoms with Gasteiger partial charge in [0.25, 0.3) is 0 Å². The molecule has 0 radical (unpaired) electrons. The minimum atomic E-state index is -4.57. The molecule has 2 aromatic carbocycles. The number of rotatable bonds is 8. The predicted molar refractivity (Wildman–Crippen MR) is 204 cm³/mol. The summed E-state index contributed by atoms with van der Waals surface area (Å²) in [5, 5.41) is 10.4. The molecular weight excluding hydrogens is 740 g/mol. The molecule has 0 spiro atoms. The van der Waals surface area contributed by atoms with Crippen LogP contribution in [0.5, 0.6) is 0 Å². The van der Waals surface area contributed by atoms with Crippen LogP contribution in [0.3, 0.4) is 0 Å². The van der Waals surface area contributed by atoms with Crippen LogP contribution in [0.4, 0.5) is 45.1 Å². The maximum absolute atomic E-state index is 14.8. The number of nitrogens with one attached hydrogen (secondary N) is 2. The van der Waals surface area contributed by atoms with Crippen LogP contribution >= 0.6 is 11.9 Å². The molecule has 10 nitrogen and oxygen atoms in total. The van der Waals surface area contributed by atoms with Gasteiger partial charge < -0.3 is 20.0 Å². The minimum absolute atomic E-state index is 0.0607. The van der Waals surface area contributed by atoms with E-state index in [-0.39, 0.29) is 41.0 Å². The number of hydrogen-bond donors (Lipinski definition) is 3. The largest absolute Gasteiger partial charge is 0.421 e. The molecule has 4 aliphatic heterocycles. The van der Waals surface area contributed by atoms with Gasteiger partial charge in [0.2, 0.25) is 17.8 Å². The van der Waals surface area contributed by atoms with Crippen molar-refractivity contribution >= 4 is 46.9 Å². The minimum Gasteiger partial charge on any atom is -0.369 e. The lowest BCUT2D eigenvalue weighted by atomic mass is 9.90. The molecule has 0 saturated carbocycles. The normalized spacial score (nSPS) is 21.5. The second-order valence-electron chi connectivity index (χ2n) is 15.0. The Hall–Kier alpha value is -4.02. The third-order valence-electron chi connectivity index (χ3n) is 10.9. The van der Waals surface area contributed by atoms with Gasteiger partial charge in [-0.2, -0.15) is 18.2 Å². The topological polar surface area (TPSA) is 120 Å². The van der Waals surface area contributed by atoms with E-state index in [1.165, 1.54) is 57.1 Å². The first kappa shape index (κ1) is 40.6. The molecule has 7 rings (SSSR count). The monoisotopic (exact) mass is 788 g/mol. The number of carbonyl (C=O) groups is 2. The second-order valence-corrected chi connectivity index (χ2v) is 15.7. The summed E-state index contributed by atoms with van der Waals surface area (Å²) in [7, 11) is 0. The van der Waals surface area contributed by atoms with E-state index >= 15 is 0 Å². The Morgan fingerprint density at radius 1 is 0.909 bits per heavy atom. The molecule has 0 bridgehead atoms. The predicted octanol–water partition coefficient (Wildman–Crippen LogP) is 7.63. The van der Waals surface area contributed by atoms with E-state index in [2.05, 4.69) is 30.4 Å². The highest BCUT2D eigenvalue weighted by molar-refractivity contribution is 7.97. The number of aromatic nitrogens is 2. The van der Waals surface area contributed by atoms with Crippen molar-refractivity contribution in [1.82, 2.24) is 20.2 Å². The van der Waals surface area contributed by atoms with Crippen LogP contribution in [0.15, 0.2) is 47.5 Å². The van der Waals surface area contributed by atoms with E-state index in [0.717, 1.165) is 56.9 Å². The van der Waals surface area contributed by atoms with Gasteiger partial charge in [-0.25, -0.2) is 13.8 Å². The Bertz CT molecular complexity index is 1800. The molecule has 4 N–H and O–H groups in total. The highest BCUT2D eigenvalue weighted by Gasteiger charge is 2.38. The van der Waals surface area contributed by atoms with E-state index < -0.39 is 23.5 Å². The Kier molecular flexibility index (Phi) is 13.5. The molecule has 3 aromatic rings. The molecule has 55 heavy (non-hydrogen) atoms. The highest BCUT2D eigenvalue weighted by atomic mass is 32.2. The maximum Gasteiger partial charge on any atom is 0.421 e. The van der Waals surface area contributed by atoms with Crippen LogP contribution in [0.25, 0.3) is 0 Å². The van der Waals surface area contributed by atoms with Gasteiger partial charge in [0.15, 0.2) is 0 Å². The van der Waals surface area contributed by atoms with Gasteiger partial charge in [-0.3, -0.25) is 20.0 Å². The lowest BCUT2D eigenvalue weighted by Crippen LogP contribution is -2.41. The summed E-state index contributed by atoms with van der Waals surface area (Å²) in [6, 6.07) is 9.39. The molecule has 1 aromatic heterocycles. The first-order valence-electron chi connectivity index (χ1n) is 19.1. The molecule has 298 valence electrons. The maximum atomic E-state index is 14.8. The van der Waals surface area contributed by atoms with Crippen molar-refractivity contribution < 1.29 is 31.5 Å². The fraction of sp³-hybridized carbons (Fsp3) is 0.538. The SMILES string of the molecule is CC1CCCN(c2nc(Nc3ccc(SN)cc3F)ncc2C(F)(F)F)C1.O=C1CCC(c2ccc(N3CCC(CN4CCCCC4)CC3)c(F)c2)C(=O)N1. The van der Waals surface area contributed by atoms with Gasteiger partial charge in [0, 0.05) is 50.2 Å². The van der Waals surface area contributed by atoms with Gasteiger partial charge >= 0.3 is 6.18 Å². The Labute approximate surface area is 322 Å². The van der Waals surface area contributed by atoms with E-state index in [0.29, 0.717) is 48.0 Å². The van der Waals surface area contributed by atoms with Crippen molar-refractivity contribution in [3.63, 3.8) is 0 Å². The number of nitrogens with two attached hydrogens (primary N) is 1. The smallest absolute Gasteiger partial charge is 0.369 e. The molecule has 2 amide bonds. The fourth-order valence-corrected chi connectivity index (χ4v) is 8.24. The van der Waals surface area contributed by atoms with E-state index in [1.54, 1.807) is 17.0 Å². The summed E-state index contributed by atoms with van der Waals surface area (Å²) >= 11 is 0.893. The van der Waals surface area contributed by atoms with Gasteiger partial charge in [-0.05, 0) is 118 Å². The average molecular weight is 789 g/mol. The molecule has 4 aliphatic rings. The number of benzene rings is 2. The lowest BCUT2D eigenvalue weighted by Gasteiger charge is -2.37. The van der Waals surface area contributed by atoms with Gasteiger partial charge in [-0.1, -0.05) is 19.4 Å². The van der Waals surface area contributed by atoms with Crippen molar-refractivity contribution in [2.24, 2.45) is 17.0 Å². The standard InChI is InChI=1S/C22H30FN3O2.C17H19F4N5S/c23-19-14-17(18-5-7-21(27)24-22(18)28)4-6-20(19)26-12-8-16(9-13-26)15-25-10-2-1-3-11-25;1-10-3-2-6-26(9-10)15-12(17(19,20)21)8-23-16(25-15)24-14-5-4-11(27-22)7-13(14)18/h4,6,14,16,18H,1-3,5,7-13,15H2,(H,24,27,28);4-5,7-8,10H,2-3,6,9,22H2,1H3,(H,23,24,25). The second kappa shape index (κ2) is 18.3. The summed E-state index contributed by atoms with van der Waals surface area (Å²) in [4.78, 5) is 38.0. The number of anilines is 4. The number of alkyl halides is 3. The van der Waals surface area contributed by atoms with Crippen LogP contribution in [0.1, 0.15) is 81.8 Å². The number of nitrogens with zero attached hydrogens (tertiary/aromatic N) is 5. The molecule has 2 atom stereocenters. The number of halogens is 5. The molecule has 4 saturated heterocycles. The number of imide groups is 1. The highest BCUT2D eigenvalue weighted by Crippen LogP contribution is 2.38. The lowest BCUT2D eigenvalue weighted by molar-refractivity contribution is -0.138. The van der Waals surface area contributed by atoms with Crippen LogP contribution < -0.4 is 25.6 Å². The van der Waals surface area contributed by atoms with Crippen molar-refractivity contribution in [1.29, 1.82) is 0 Å². The third-order valence-corrected chi connectivity index (χ3v) is 11.4. The number of amides is 2. The van der Waals surface area contributed by atoms with E-state index in [4.69, 9.17) is 5.14 Å². The Morgan fingerprint density at radius 3 is 2.33 bits per heavy atom. The van der Waals surface area contributed by atoms with Gasteiger partial charge in [0.1, 0.15) is 23.0 Å². The Morgan fingerprint density at radius 2 is 1.67 bits per heavy atom. The van der Waals surface area contributed by atoms with Crippen molar-refractivity contribution in [3.8, 4) is 0 Å². The zero-order valence-electron chi connectivity index (χ0n) is 31.0. The molecule has 5 heterocycles. The van der Waals surface area contributed by atoms with Crippen molar-refractivity contribution in [2.75, 3.05) is 60.9 Å². The van der Waals surface area contributed by atoms with Crippen molar-refractivity contribution in [2.45, 2.75) is 81.7 Å². The third kappa shape index (κ3) is 10.6. The molecule has 2 unspecified atom stereocenters. The average Bonchev–Trinajstić information content (AvgIpc) is 3.16. The van der Waals surface area contributed by atoms with Crippen LogP contribution in [-0.2, 0) is 15.8 Å². The number of likely N-dealkylation sites (tertiary alicyclic amines) is 1. The fourth-order valence-electron chi connectivity index (χ4n) is 7.92. The number of piperidine rings is 4. The molecule has 4 fully saturated rings. The van der Waals surface area contributed by atoms with Gasteiger partial charge in [-0.15, -0.1) is 0 Å². The number of carbonyl (C=O) groups excluding carboxylic acids is 2. The quantitative estimate of drug-likeness (QED) is 0.120. The van der Waals surface area contributed by atoms with Crippen molar-refractivity contribution in [3.05, 3.63) is 65.4 Å². The number of hydrogen-bond acceptors (Lipinski definition) is 10. The van der Waals surface area contributed by atoms with Crippen LogP contribution in [0.2, 0.25) is 0 Å². The van der Waals surface area contributed by atoms with Crippen LogP contribution in [0, 0.1) is 23.5 Å². The summed E-state index contributed by atoms with van der Waals surface area (Å²) in [5.74, 6) is -1.16. The zero-order chi connectivity index (χ0) is 39.1.